The molecule has 1 aromatic carbocycles. The van der Waals surface area contributed by atoms with Gasteiger partial charge in [-0.1, -0.05) is 36.5 Å². The Bertz CT molecular complexity index is 847. The maximum atomic E-state index is 12.9. The third-order valence-corrected chi connectivity index (χ3v) is 6.71. The summed E-state index contributed by atoms with van der Waals surface area (Å²) in [6.45, 7) is 3.56. The van der Waals surface area contributed by atoms with Gasteiger partial charge in [0, 0.05) is 12.5 Å². The normalized spacial score (nSPS) is 17.1. The number of benzene rings is 1. The number of fused-ring (bicyclic) bond motifs is 1. The van der Waals surface area contributed by atoms with E-state index in [-0.39, 0.29) is 27.8 Å². The maximum Gasteiger partial charge on any atom is 0.293 e. The van der Waals surface area contributed by atoms with Crippen molar-refractivity contribution in [3.05, 3.63) is 29.8 Å². The molecule has 2 heterocycles. The number of para-hydroxylation sites is 1. The van der Waals surface area contributed by atoms with Crippen LogP contribution in [0.1, 0.15) is 25.8 Å². The Morgan fingerprint density at radius 1 is 1.39 bits per heavy atom. The van der Waals surface area contributed by atoms with Gasteiger partial charge >= 0.3 is 0 Å². The summed E-state index contributed by atoms with van der Waals surface area (Å²) in [6, 6.07) is 7.23. The van der Waals surface area contributed by atoms with Gasteiger partial charge in [-0.2, -0.15) is 8.42 Å². The molecule has 0 bridgehead atoms. The monoisotopic (exact) mass is 352 g/mol. The molecule has 1 atom stereocenters. The number of amides is 1. The number of anilines is 2. The van der Waals surface area contributed by atoms with Crippen molar-refractivity contribution in [2.45, 2.75) is 37.1 Å². The van der Waals surface area contributed by atoms with E-state index in [1.807, 2.05) is 25.1 Å². The van der Waals surface area contributed by atoms with Gasteiger partial charge in [0.15, 0.2) is 0 Å². The van der Waals surface area contributed by atoms with Gasteiger partial charge in [0.25, 0.3) is 14.4 Å². The molecule has 0 spiro atoms. The molecule has 0 saturated carbocycles. The van der Waals surface area contributed by atoms with E-state index in [0.717, 1.165) is 16.9 Å². The van der Waals surface area contributed by atoms with Gasteiger partial charge in [-0.3, -0.25) is 9.10 Å². The summed E-state index contributed by atoms with van der Waals surface area (Å²) in [6.07, 6.45) is 0.950. The molecule has 122 valence electrons. The molecular formula is C14H16N4O3S2. The van der Waals surface area contributed by atoms with E-state index in [0.29, 0.717) is 12.1 Å². The van der Waals surface area contributed by atoms with E-state index in [1.165, 1.54) is 4.31 Å². The minimum atomic E-state index is -3.80. The smallest absolute Gasteiger partial charge is 0.293 e. The Morgan fingerprint density at radius 3 is 2.87 bits per heavy atom. The molecule has 3 rings (SSSR count). The van der Waals surface area contributed by atoms with Crippen molar-refractivity contribution in [2.75, 3.05) is 9.62 Å². The van der Waals surface area contributed by atoms with Gasteiger partial charge in [-0.15, -0.1) is 10.2 Å². The molecule has 1 aliphatic heterocycles. The minimum absolute atomic E-state index is 0.118. The Kier molecular flexibility index (Phi) is 4.07. The highest BCUT2D eigenvalue weighted by Crippen LogP contribution is 2.37. The van der Waals surface area contributed by atoms with Crippen molar-refractivity contribution in [1.82, 2.24) is 10.2 Å². The van der Waals surface area contributed by atoms with Gasteiger partial charge in [-0.05, 0) is 25.0 Å². The van der Waals surface area contributed by atoms with Crippen LogP contribution >= 0.6 is 11.3 Å². The van der Waals surface area contributed by atoms with Crippen LogP contribution in [0.25, 0.3) is 0 Å². The van der Waals surface area contributed by atoms with Crippen molar-refractivity contribution in [2.24, 2.45) is 0 Å². The fraction of sp³-hybridized carbons (Fsp3) is 0.357. The Balaban J connectivity index is 1.95. The predicted octanol–water partition coefficient (Wildman–Crippen LogP) is 2.03. The van der Waals surface area contributed by atoms with Gasteiger partial charge in [0.2, 0.25) is 11.0 Å². The third-order valence-electron chi connectivity index (χ3n) is 3.60. The van der Waals surface area contributed by atoms with Crippen LogP contribution in [0.2, 0.25) is 0 Å². The zero-order valence-corrected chi connectivity index (χ0v) is 14.3. The molecule has 0 saturated heterocycles. The van der Waals surface area contributed by atoms with E-state index >= 15 is 0 Å². The topological polar surface area (TPSA) is 92.3 Å². The van der Waals surface area contributed by atoms with Gasteiger partial charge in [0.05, 0.1) is 5.69 Å². The van der Waals surface area contributed by atoms with Crippen LogP contribution in [-0.4, -0.2) is 30.6 Å². The van der Waals surface area contributed by atoms with Crippen LogP contribution in [0.5, 0.6) is 0 Å². The zero-order valence-electron chi connectivity index (χ0n) is 12.7. The molecule has 0 aliphatic carbocycles. The number of sulfonamides is 1. The largest absolute Gasteiger partial charge is 0.301 e. The van der Waals surface area contributed by atoms with E-state index in [4.69, 9.17) is 0 Å². The highest BCUT2D eigenvalue weighted by atomic mass is 32.2. The molecule has 9 heteroatoms. The number of carbonyl (C=O) groups is 1. The average Bonchev–Trinajstić information content (AvgIpc) is 3.10. The molecular weight excluding hydrogens is 336 g/mol. The second-order valence-corrected chi connectivity index (χ2v) is 8.22. The van der Waals surface area contributed by atoms with E-state index in [2.05, 4.69) is 15.5 Å². The second-order valence-electron chi connectivity index (χ2n) is 5.26. The molecule has 1 amide bonds. The molecule has 23 heavy (non-hydrogen) atoms. The van der Waals surface area contributed by atoms with Crippen LogP contribution in [0, 0.1) is 0 Å². The summed E-state index contributed by atoms with van der Waals surface area (Å²) < 4.78 is 27.1. The summed E-state index contributed by atoms with van der Waals surface area (Å²) in [5.74, 6) is -0.231. The van der Waals surface area contributed by atoms with Crippen LogP contribution in [0.3, 0.4) is 0 Å². The zero-order chi connectivity index (χ0) is 16.6. The number of carbonyl (C=O) groups excluding carboxylic acids is 1. The summed E-state index contributed by atoms with van der Waals surface area (Å²) in [7, 11) is -3.80. The highest BCUT2D eigenvalue weighted by molar-refractivity contribution is 7.94. The number of nitrogens with zero attached hydrogens (tertiary/aromatic N) is 3. The molecule has 1 aromatic heterocycles. The van der Waals surface area contributed by atoms with Crippen LogP contribution < -0.4 is 9.62 Å². The van der Waals surface area contributed by atoms with E-state index in [1.54, 1.807) is 13.0 Å². The van der Waals surface area contributed by atoms with Gasteiger partial charge < -0.3 is 5.32 Å². The number of nitrogens with one attached hydrogen (secondary N) is 1. The number of hydrogen-bond acceptors (Lipinski definition) is 6. The van der Waals surface area contributed by atoms with Crippen molar-refractivity contribution >= 4 is 38.1 Å². The fourth-order valence-corrected chi connectivity index (χ4v) is 5.25. The summed E-state index contributed by atoms with van der Waals surface area (Å²) >= 11 is 0.863. The SMILES string of the molecule is CCC(=O)Nc1nnc(S(=O)(=O)N2c3ccccc3C[C@H]2C)s1. The molecule has 0 radical (unpaired) electrons. The van der Waals surface area contributed by atoms with Crippen LogP contribution in [0.4, 0.5) is 10.8 Å². The molecule has 0 unspecified atom stereocenters. The quantitative estimate of drug-likeness (QED) is 0.850. The minimum Gasteiger partial charge on any atom is -0.301 e. The summed E-state index contributed by atoms with van der Waals surface area (Å²) in [5.41, 5.74) is 1.67. The molecule has 1 N–H and O–H groups in total. The fourth-order valence-electron chi connectivity index (χ4n) is 2.56. The lowest BCUT2D eigenvalue weighted by molar-refractivity contribution is -0.115. The maximum absolute atomic E-state index is 12.9. The molecule has 0 fully saturated rings. The standard InChI is InChI=1S/C14H16N4O3S2/c1-3-12(19)15-13-16-17-14(22-13)23(20,21)18-9(2)8-10-6-4-5-7-11(10)18/h4-7,9H,3,8H2,1-2H3,(H,15,16,19)/t9-/m1/s1. The van der Waals surface area contributed by atoms with E-state index in [9.17, 15) is 13.2 Å². The Morgan fingerprint density at radius 2 is 2.13 bits per heavy atom. The van der Waals surface area contributed by atoms with E-state index < -0.39 is 10.0 Å². The first kappa shape index (κ1) is 15.9. The summed E-state index contributed by atoms with van der Waals surface area (Å²) in [4.78, 5) is 11.4. The third kappa shape index (κ3) is 2.81. The lowest BCUT2D eigenvalue weighted by atomic mass is 10.1. The first-order valence-electron chi connectivity index (χ1n) is 7.19. The highest BCUT2D eigenvalue weighted by Gasteiger charge is 2.38. The predicted molar refractivity (Wildman–Crippen MR) is 88.1 cm³/mol. The number of hydrogen-bond donors (Lipinski definition) is 1. The van der Waals surface area contributed by atoms with Crippen LogP contribution in [-0.2, 0) is 21.2 Å². The summed E-state index contributed by atoms with van der Waals surface area (Å²) in [5, 5.41) is 10.2. The lowest BCUT2D eigenvalue weighted by Gasteiger charge is -2.22. The van der Waals surface area contributed by atoms with Crippen molar-refractivity contribution in [3.63, 3.8) is 0 Å². The van der Waals surface area contributed by atoms with Crippen molar-refractivity contribution < 1.29 is 13.2 Å². The first-order valence-corrected chi connectivity index (χ1v) is 9.45. The van der Waals surface area contributed by atoms with Crippen molar-refractivity contribution in [3.8, 4) is 0 Å². The average molecular weight is 352 g/mol. The first-order chi connectivity index (χ1) is 10.9. The molecule has 7 nitrogen and oxygen atoms in total. The van der Waals surface area contributed by atoms with Crippen LogP contribution in [0.15, 0.2) is 28.6 Å². The van der Waals surface area contributed by atoms with Gasteiger partial charge in [-0.25, -0.2) is 0 Å². The lowest BCUT2D eigenvalue weighted by Crippen LogP contribution is -2.35. The number of rotatable bonds is 4. The Hall–Kier alpha value is -2.00. The molecule has 2 aromatic rings. The van der Waals surface area contributed by atoms with Crippen molar-refractivity contribution in [1.29, 1.82) is 0 Å². The van der Waals surface area contributed by atoms with Gasteiger partial charge in [0.1, 0.15) is 0 Å². The Labute approximate surface area is 138 Å². The molecule has 1 aliphatic rings. The second kappa shape index (κ2) is 5.89. The number of aromatic nitrogens is 2.